The van der Waals surface area contributed by atoms with Crippen LogP contribution in [0.15, 0.2) is 60.7 Å². The standard InChI is InChI=1S/C23H19N3O5S2/c1-3-30-17-13-14(2)9-10-16(17)20-22(31-15-7-5-4-6-8-15)33-23(24-20)25-21(27)18-11-12-19(32-18)26(28)29/h4-13H,3H2,1-2H3,(H,24,25,27). The zero-order valence-corrected chi connectivity index (χ0v) is 19.4. The number of anilines is 1. The number of thiazole rings is 1. The first-order chi connectivity index (χ1) is 15.9. The monoisotopic (exact) mass is 481 g/mol. The number of hydrogen-bond acceptors (Lipinski definition) is 8. The molecular weight excluding hydrogens is 462 g/mol. The molecule has 33 heavy (non-hydrogen) atoms. The maximum Gasteiger partial charge on any atom is 0.324 e. The van der Waals surface area contributed by atoms with E-state index in [-0.39, 0.29) is 9.88 Å². The normalized spacial score (nSPS) is 10.6. The Morgan fingerprint density at radius 3 is 2.61 bits per heavy atom. The van der Waals surface area contributed by atoms with Crippen LogP contribution in [0.4, 0.5) is 10.1 Å². The van der Waals surface area contributed by atoms with E-state index in [2.05, 4.69) is 10.3 Å². The average Bonchev–Trinajstić information content (AvgIpc) is 3.43. The van der Waals surface area contributed by atoms with Crippen LogP contribution in [0.25, 0.3) is 11.3 Å². The summed E-state index contributed by atoms with van der Waals surface area (Å²) in [5.41, 5.74) is 2.30. The molecule has 2 aromatic carbocycles. The SMILES string of the molecule is CCOc1cc(C)ccc1-c1nc(NC(=O)c2ccc([N+](=O)[O-])s2)sc1Oc1ccccc1. The van der Waals surface area contributed by atoms with E-state index in [0.29, 0.717) is 34.0 Å². The summed E-state index contributed by atoms with van der Waals surface area (Å²) in [4.78, 5) is 27.9. The topological polar surface area (TPSA) is 104 Å². The van der Waals surface area contributed by atoms with Gasteiger partial charge in [-0.2, -0.15) is 0 Å². The number of carbonyl (C=O) groups excluding carboxylic acids is 1. The van der Waals surface area contributed by atoms with E-state index < -0.39 is 10.8 Å². The van der Waals surface area contributed by atoms with Gasteiger partial charge in [0.25, 0.3) is 5.91 Å². The van der Waals surface area contributed by atoms with E-state index in [9.17, 15) is 14.9 Å². The van der Waals surface area contributed by atoms with Crippen LogP contribution in [-0.4, -0.2) is 22.4 Å². The molecule has 168 valence electrons. The number of aromatic nitrogens is 1. The molecule has 0 aliphatic heterocycles. The second kappa shape index (κ2) is 9.80. The van der Waals surface area contributed by atoms with Crippen LogP contribution >= 0.6 is 22.7 Å². The van der Waals surface area contributed by atoms with Crippen molar-refractivity contribution in [2.45, 2.75) is 13.8 Å². The minimum absolute atomic E-state index is 0.103. The lowest BCUT2D eigenvalue weighted by atomic mass is 10.1. The van der Waals surface area contributed by atoms with E-state index in [0.717, 1.165) is 22.5 Å². The zero-order chi connectivity index (χ0) is 23.4. The van der Waals surface area contributed by atoms with Crippen molar-refractivity contribution in [3.63, 3.8) is 0 Å². The Morgan fingerprint density at radius 1 is 1.12 bits per heavy atom. The third kappa shape index (κ3) is 5.18. The third-order valence-electron chi connectivity index (χ3n) is 4.46. The van der Waals surface area contributed by atoms with Crippen molar-refractivity contribution in [1.29, 1.82) is 0 Å². The summed E-state index contributed by atoms with van der Waals surface area (Å²) in [7, 11) is 0. The van der Waals surface area contributed by atoms with Crippen LogP contribution in [0.2, 0.25) is 0 Å². The summed E-state index contributed by atoms with van der Waals surface area (Å²) in [6.45, 7) is 4.36. The van der Waals surface area contributed by atoms with Crippen molar-refractivity contribution < 1.29 is 19.2 Å². The minimum atomic E-state index is -0.526. The molecular formula is C23H19N3O5S2. The zero-order valence-electron chi connectivity index (χ0n) is 17.7. The predicted molar refractivity (Wildman–Crippen MR) is 129 cm³/mol. The van der Waals surface area contributed by atoms with E-state index >= 15 is 0 Å². The van der Waals surface area contributed by atoms with Gasteiger partial charge in [-0.15, -0.1) is 0 Å². The fourth-order valence-corrected chi connectivity index (χ4v) is 4.56. The molecule has 0 bridgehead atoms. The van der Waals surface area contributed by atoms with Crippen molar-refractivity contribution in [1.82, 2.24) is 4.98 Å². The number of nitrogens with zero attached hydrogens (tertiary/aromatic N) is 2. The molecule has 0 atom stereocenters. The number of ether oxygens (including phenoxy) is 2. The summed E-state index contributed by atoms with van der Waals surface area (Å²) in [6, 6.07) is 17.8. The smallest absolute Gasteiger partial charge is 0.324 e. The van der Waals surface area contributed by atoms with E-state index in [1.165, 1.54) is 23.5 Å². The molecule has 0 saturated carbocycles. The molecule has 0 radical (unpaired) electrons. The van der Waals surface area contributed by atoms with Gasteiger partial charge in [-0.25, -0.2) is 4.98 Å². The molecule has 0 saturated heterocycles. The first kappa shape index (κ1) is 22.4. The molecule has 10 heteroatoms. The molecule has 2 aromatic heterocycles. The summed E-state index contributed by atoms with van der Waals surface area (Å²) >= 11 is 1.97. The lowest BCUT2D eigenvalue weighted by molar-refractivity contribution is -0.380. The Balaban J connectivity index is 1.71. The van der Waals surface area contributed by atoms with Crippen molar-refractivity contribution in [2.75, 3.05) is 11.9 Å². The van der Waals surface area contributed by atoms with Gasteiger partial charge in [0.15, 0.2) is 5.13 Å². The molecule has 0 aliphatic rings. The highest BCUT2D eigenvalue weighted by Crippen LogP contribution is 2.44. The molecule has 1 amide bonds. The lowest BCUT2D eigenvalue weighted by Gasteiger charge is -2.11. The van der Waals surface area contributed by atoms with Gasteiger partial charge in [0.1, 0.15) is 17.2 Å². The lowest BCUT2D eigenvalue weighted by Crippen LogP contribution is -2.09. The van der Waals surface area contributed by atoms with E-state index in [4.69, 9.17) is 9.47 Å². The Bertz CT molecular complexity index is 1300. The van der Waals surface area contributed by atoms with Crippen LogP contribution in [0, 0.1) is 17.0 Å². The number of para-hydroxylation sites is 1. The molecule has 8 nitrogen and oxygen atoms in total. The maximum atomic E-state index is 12.7. The highest BCUT2D eigenvalue weighted by Gasteiger charge is 2.22. The first-order valence-corrected chi connectivity index (χ1v) is 11.6. The number of amides is 1. The number of thiophene rings is 1. The fourth-order valence-electron chi connectivity index (χ4n) is 3.00. The molecule has 2 heterocycles. The first-order valence-electron chi connectivity index (χ1n) is 9.97. The van der Waals surface area contributed by atoms with E-state index in [1.54, 1.807) is 0 Å². The highest BCUT2D eigenvalue weighted by atomic mass is 32.1. The largest absolute Gasteiger partial charge is 0.493 e. The molecule has 1 N–H and O–H groups in total. The van der Waals surface area contributed by atoms with Crippen LogP contribution < -0.4 is 14.8 Å². The fraction of sp³-hybridized carbons (Fsp3) is 0.130. The quantitative estimate of drug-likeness (QED) is 0.227. The number of rotatable bonds is 8. The maximum absolute atomic E-state index is 12.7. The number of aryl methyl sites for hydroxylation is 1. The molecule has 0 aliphatic carbocycles. The van der Waals surface area contributed by atoms with Crippen LogP contribution in [0.5, 0.6) is 16.6 Å². The van der Waals surface area contributed by atoms with Gasteiger partial charge in [-0.05, 0) is 49.7 Å². The molecule has 4 aromatic rings. The van der Waals surface area contributed by atoms with Crippen LogP contribution in [0.3, 0.4) is 0 Å². The van der Waals surface area contributed by atoms with E-state index in [1.807, 2.05) is 62.4 Å². The third-order valence-corrected chi connectivity index (χ3v) is 6.34. The predicted octanol–water partition coefficient (Wildman–Crippen LogP) is 6.53. The molecule has 0 fully saturated rings. The Hall–Kier alpha value is -3.76. The highest BCUT2D eigenvalue weighted by molar-refractivity contribution is 7.19. The molecule has 0 unspecified atom stereocenters. The minimum Gasteiger partial charge on any atom is -0.493 e. The average molecular weight is 482 g/mol. The summed E-state index contributed by atoms with van der Waals surface area (Å²) in [5, 5.41) is 14.3. The number of nitro groups is 1. The summed E-state index contributed by atoms with van der Waals surface area (Å²) < 4.78 is 11.9. The second-order valence-electron chi connectivity index (χ2n) is 6.85. The molecule has 0 spiro atoms. The molecule has 4 rings (SSSR count). The van der Waals surface area contributed by atoms with Crippen molar-refractivity contribution in [2.24, 2.45) is 0 Å². The number of nitrogens with one attached hydrogen (secondary N) is 1. The van der Waals surface area contributed by atoms with Gasteiger partial charge >= 0.3 is 5.00 Å². The number of hydrogen-bond donors (Lipinski definition) is 1. The van der Waals surface area contributed by atoms with Gasteiger partial charge in [-0.3, -0.25) is 20.2 Å². The van der Waals surface area contributed by atoms with Gasteiger partial charge in [0, 0.05) is 11.6 Å². The summed E-state index contributed by atoms with van der Waals surface area (Å²) in [5.74, 6) is 0.806. The van der Waals surface area contributed by atoms with Gasteiger partial charge < -0.3 is 9.47 Å². The van der Waals surface area contributed by atoms with Gasteiger partial charge in [0.2, 0.25) is 5.06 Å². The summed E-state index contributed by atoms with van der Waals surface area (Å²) in [6.07, 6.45) is 0. The number of benzene rings is 2. The number of carbonyl (C=O) groups is 1. The van der Waals surface area contributed by atoms with Crippen molar-refractivity contribution in [3.8, 4) is 27.8 Å². The van der Waals surface area contributed by atoms with Crippen molar-refractivity contribution >= 4 is 38.7 Å². The van der Waals surface area contributed by atoms with Crippen LogP contribution in [0.1, 0.15) is 22.2 Å². The Kier molecular flexibility index (Phi) is 6.66. The Morgan fingerprint density at radius 2 is 1.91 bits per heavy atom. The van der Waals surface area contributed by atoms with Gasteiger partial charge in [-0.1, -0.05) is 46.9 Å². The van der Waals surface area contributed by atoms with Gasteiger partial charge in [0.05, 0.1) is 16.4 Å². The van der Waals surface area contributed by atoms with Crippen molar-refractivity contribution in [3.05, 3.63) is 81.2 Å². The van der Waals surface area contributed by atoms with Crippen LogP contribution in [-0.2, 0) is 0 Å². The Labute approximate surface area is 197 Å². The second-order valence-corrected chi connectivity index (χ2v) is 8.88.